The molecule has 3 amide bonds. The maximum absolute atomic E-state index is 12.9. The number of carbonyl (C=O) groups excluding carboxylic acids is 2. The van der Waals surface area contributed by atoms with E-state index in [0.717, 1.165) is 0 Å². The van der Waals surface area contributed by atoms with Crippen molar-refractivity contribution in [3.05, 3.63) is 0 Å². The smallest absolute Gasteiger partial charge is 0.429 e. The summed E-state index contributed by atoms with van der Waals surface area (Å²) in [6.07, 6.45) is -11.7. The number of aliphatic carboxylic acids is 1. The number of hydrogen-bond donors (Lipinski definition) is 2. The van der Waals surface area contributed by atoms with Gasteiger partial charge < -0.3 is 10.4 Å². The number of imide groups is 1. The molecule has 0 aromatic rings. The molecule has 2 fully saturated rings. The Morgan fingerprint density at radius 3 is 2.00 bits per heavy atom. The Morgan fingerprint density at radius 2 is 1.70 bits per heavy atom. The number of alkyl halides is 6. The molecule has 0 unspecified atom stereocenters. The summed E-state index contributed by atoms with van der Waals surface area (Å²) in [5.74, 6) is -4.78. The molecule has 23 heavy (non-hydrogen) atoms. The molecular weight excluding hydrogens is 338 g/mol. The van der Waals surface area contributed by atoms with Crippen molar-refractivity contribution in [1.82, 2.24) is 10.2 Å². The van der Waals surface area contributed by atoms with Crippen LogP contribution in [0, 0.1) is 5.92 Å². The fourth-order valence-corrected chi connectivity index (χ4v) is 2.36. The van der Waals surface area contributed by atoms with E-state index in [9.17, 15) is 40.7 Å². The van der Waals surface area contributed by atoms with E-state index in [4.69, 9.17) is 5.11 Å². The molecule has 2 N–H and O–H groups in total. The molecule has 0 spiro atoms. The first kappa shape index (κ1) is 17.3. The molecule has 6 nitrogen and oxygen atoms in total. The second kappa shape index (κ2) is 4.99. The molecule has 1 heterocycles. The van der Waals surface area contributed by atoms with Gasteiger partial charge in [-0.1, -0.05) is 12.8 Å². The topological polar surface area (TPSA) is 86.7 Å². The van der Waals surface area contributed by atoms with Crippen molar-refractivity contribution in [2.75, 3.05) is 0 Å². The van der Waals surface area contributed by atoms with Crippen LogP contribution in [0.4, 0.5) is 31.1 Å². The second-order valence-corrected chi connectivity index (χ2v) is 5.38. The van der Waals surface area contributed by atoms with Gasteiger partial charge in [-0.3, -0.25) is 4.79 Å². The maximum atomic E-state index is 12.9. The van der Waals surface area contributed by atoms with E-state index in [1.165, 1.54) is 0 Å². The fourth-order valence-electron chi connectivity index (χ4n) is 2.36. The zero-order chi connectivity index (χ0) is 17.8. The van der Waals surface area contributed by atoms with Crippen molar-refractivity contribution < 1.29 is 45.8 Å². The van der Waals surface area contributed by atoms with Crippen LogP contribution in [0.5, 0.6) is 0 Å². The zero-order valence-corrected chi connectivity index (χ0v) is 11.2. The van der Waals surface area contributed by atoms with Gasteiger partial charge >= 0.3 is 29.9 Å². The molecule has 0 bridgehead atoms. The van der Waals surface area contributed by atoms with E-state index in [2.05, 4.69) is 0 Å². The highest BCUT2D eigenvalue weighted by atomic mass is 19.4. The van der Waals surface area contributed by atoms with E-state index in [-0.39, 0.29) is 12.3 Å². The number of urea groups is 1. The highest BCUT2D eigenvalue weighted by molar-refractivity contribution is 6.10. The summed E-state index contributed by atoms with van der Waals surface area (Å²) in [7, 11) is 0. The van der Waals surface area contributed by atoms with E-state index >= 15 is 0 Å². The molecule has 0 radical (unpaired) electrons. The van der Waals surface area contributed by atoms with Crippen LogP contribution in [-0.4, -0.2) is 51.8 Å². The number of nitrogens with one attached hydrogen (secondary N) is 1. The molecule has 12 heteroatoms. The van der Waals surface area contributed by atoms with E-state index in [0.29, 0.717) is 18.2 Å². The Morgan fingerprint density at radius 1 is 1.22 bits per heavy atom. The van der Waals surface area contributed by atoms with Gasteiger partial charge in [0.1, 0.15) is 6.04 Å². The van der Waals surface area contributed by atoms with Crippen LogP contribution >= 0.6 is 0 Å². The van der Waals surface area contributed by atoms with Crippen LogP contribution in [0.25, 0.3) is 0 Å². The fraction of sp³-hybridized carbons (Fsp3) is 0.727. The Hall–Kier alpha value is -2.01. The molecule has 130 valence electrons. The predicted octanol–water partition coefficient (Wildman–Crippen LogP) is 1.65. The van der Waals surface area contributed by atoms with E-state index in [1.807, 2.05) is 0 Å². The first-order valence-corrected chi connectivity index (χ1v) is 6.35. The largest absolute Gasteiger partial charge is 0.480 e. The summed E-state index contributed by atoms with van der Waals surface area (Å²) in [4.78, 5) is 34.0. The summed E-state index contributed by atoms with van der Waals surface area (Å²) < 4.78 is 77.5. The van der Waals surface area contributed by atoms with Gasteiger partial charge in [0, 0.05) is 0 Å². The molecule has 1 aliphatic carbocycles. The SMILES string of the molecule is O=C(O)[C@@H](CC1CC1)N1C(=O)NC(C(F)(F)F)(C(F)(F)F)C1=O. The number of hydrogen-bond acceptors (Lipinski definition) is 3. The van der Waals surface area contributed by atoms with E-state index < -0.39 is 46.7 Å². The van der Waals surface area contributed by atoms with Gasteiger partial charge in [0.15, 0.2) is 0 Å². The van der Waals surface area contributed by atoms with Crippen LogP contribution in [-0.2, 0) is 9.59 Å². The molecule has 2 rings (SSSR count). The molecule has 0 aromatic heterocycles. The monoisotopic (exact) mass is 348 g/mol. The predicted molar refractivity (Wildman–Crippen MR) is 59.0 cm³/mol. The minimum absolute atomic E-state index is 0.261. The number of amides is 3. The number of carboxylic acids is 1. The number of carboxylic acid groups (broad SMARTS) is 1. The molecule has 0 aromatic carbocycles. The van der Waals surface area contributed by atoms with Crippen molar-refractivity contribution in [2.45, 2.75) is 43.2 Å². The van der Waals surface area contributed by atoms with Crippen LogP contribution in [0.2, 0.25) is 0 Å². The lowest BCUT2D eigenvalue weighted by atomic mass is 9.97. The van der Waals surface area contributed by atoms with Gasteiger partial charge in [-0.25, -0.2) is 14.5 Å². The minimum Gasteiger partial charge on any atom is -0.480 e. The van der Waals surface area contributed by atoms with Crippen molar-refractivity contribution in [2.24, 2.45) is 5.92 Å². The summed E-state index contributed by atoms with van der Waals surface area (Å²) in [5, 5.41) is 9.59. The highest BCUT2D eigenvalue weighted by Crippen LogP contribution is 2.47. The summed E-state index contributed by atoms with van der Waals surface area (Å²) in [6, 6.07) is -4.11. The van der Waals surface area contributed by atoms with Crippen molar-refractivity contribution in [3.63, 3.8) is 0 Å². The van der Waals surface area contributed by atoms with Gasteiger partial charge in [0.2, 0.25) is 0 Å². The first-order valence-electron chi connectivity index (χ1n) is 6.35. The van der Waals surface area contributed by atoms with Crippen LogP contribution in [0.15, 0.2) is 0 Å². The lowest BCUT2D eigenvalue weighted by Gasteiger charge is -2.31. The quantitative estimate of drug-likeness (QED) is 0.598. The summed E-state index contributed by atoms with van der Waals surface area (Å²) >= 11 is 0. The average molecular weight is 348 g/mol. The standard InChI is InChI=1S/C11H10F6N2O4/c12-10(13,14)9(11(15,16)17)7(22)19(8(23)18-9)5(6(20)21)3-4-1-2-4/h4-5H,1-3H2,(H,18,23)(H,20,21)/t5-/m1/s1. The maximum Gasteiger partial charge on any atom is 0.429 e. The van der Waals surface area contributed by atoms with Gasteiger partial charge in [0.05, 0.1) is 0 Å². The third-order valence-corrected chi connectivity index (χ3v) is 3.75. The lowest BCUT2D eigenvalue weighted by molar-refractivity contribution is -0.290. The zero-order valence-electron chi connectivity index (χ0n) is 11.2. The lowest BCUT2D eigenvalue weighted by Crippen LogP contribution is -2.68. The number of nitrogens with zero attached hydrogens (tertiary/aromatic N) is 1. The average Bonchev–Trinajstić information content (AvgIpc) is 3.10. The van der Waals surface area contributed by atoms with Crippen molar-refractivity contribution in [1.29, 1.82) is 0 Å². The normalized spacial score (nSPS) is 23.0. The molecule has 1 saturated heterocycles. The summed E-state index contributed by atoms with van der Waals surface area (Å²) in [5.41, 5.74) is -5.13. The number of halogens is 6. The highest BCUT2D eigenvalue weighted by Gasteiger charge is 2.81. The summed E-state index contributed by atoms with van der Waals surface area (Å²) in [6.45, 7) is 0. The van der Waals surface area contributed by atoms with Gasteiger partial charge in [-0.15, -0.1) is 0 Å². The van der Waals surface area contributed by atoms with Crippen LogP contribution in [0.1, 0.15) is 19.3 Å². The van der Waals surface area contributed by atoms with E-state index in [1.54, 1.807) is 0 Å². The van der Waals surface area contributed by atoms with Gasteiger partial charge in [-0.2, -0.15) is 26.3 Å². The van der Waals surface area contributed by atoms with Crippen molar-refractivity contribution >= 4 is 17.9 Å². The Balaban J connectivity index is 2.46. The first-order chi connectivity index (χ1) is 10.3. The minimum atomic E-state index is -6.17. The Kier molecular flexibility index (Phi) is 3.77. The van der Waals surface area contributed by atoms with Crippen molar-refractivity contribution in [3.8, 4) is 0 Å². The van der Waals surface area contributed by atoms with Crippen LogP contribution < -0.4 is 5.32 Å². The van der Waals surface area contributed by atoms with Gasteiger partial charge in [-0.05, 0) is 12.3 Å². The number of rotatable bonds is 4. The Bertz CT molecular complexity index is 540. The number of carbonyl (C=O) groups is 3. The third-order valence-electron chi connectivity index (χ3n) is 3.75. The third kappa shape index (κ3) is 2.59. The van der Waals surface area contributed by atoms with Crippen LogP contribution in [0.3, 0.4) is 0 Å². The molecule has 1 atom stereocenters. The molecule has 1 aliphatic heterocycles. The Labute approximate surface area is 124 Å². The molecule has 1 saturated carbocycles. The second-order valence-electron chi connectivity index (χ2n) is 5.38. The molecular formula is C11H10F6N2O4. The van der Waals surface area contributed by atoms with Gasteiger partial charge in [0.25, 0.3) is 5.91 Å². The molecule has 2 aliphatic rings.